The van der Waals surface area contributed by atoms with Gasteiger partial charge in [-0.15, -0.1) is 0 Å². The number of nitrogens with zero attached hydrogens (tertiary/aromatic N) is 2. The van der Waals surface area contributed by atoms with E-state index in [-0.39, 0.29) is 12.8 Å². The van der Waals surface area contributed by atoms with Crippen LogP contribution in [0.3, 0.4) is 0 Å². The summed E-state index contributed by atoms with van der Waals surface area (Å²) < 4.78 is 24.1. The summed E-state index contributed by atoms with van der Waals surface area (Å²) in [5.74, 6) is 3.16. The third-order valence-corrected chi connectivity index (χ3v) is 6.36. The van der Waals surface area contributed by atoms with Crippen molar-refractivity contribution in [1.82, 2.24) is 5.01 Å². The van der Waals surface area contributed by atoms with E-state index in [1.54, 1.807) is 7.11 Å². The summed E-state index contributed by atoms with van der Waals surface area (Å²) in [7, 11) is 1.67. The maximum absolute atomic E-state index is 6.46. The Balaban J connectivity index is 1.46. The Morgan fingerprint density at radius 1 is 0.968 bits per heavy atom. The van der Waals surface area contributed by atoms with Gasteiger partial charge >= 0.3 is 0 Å². The molecule has 2 atom stereocenters. The lowest BCUT2D eigenvalue weighted by Crippen LogP contribution is -2.33. The molecular weight excluding hydrogens is 460 g/mol. The van der Waals surface area contributed by atoms with Gasteiger partial charge in [0.2, 0.25) is 13.0 Å². The van der Waals surface area contributed by atoms with Crippen LogP contribution in [0.5, 0.6) is 23.0 Å². The van der Waals surface area contributed by atoms with E-state index in [0.29, 0.717) is 0 Å². The van der Waals surface area contributed by atoms with Gasteiger partial charge in [-0.3, -0.25) is 0 Å². The lowest BCUT2D eigenvalue weighted by atomic mass is 9.95. The predicted octanol–water partition coefficient (Wildman–Crippen LogP) is 5.43. The van der Waals surface area contributed by atoms with Gasteiger partial charge in [0, 0.05) is 22.0 Å². The van der Waals surface area contributed by atoms with Crippen LogP contribution in [-0.2, 0) is 0 Å². The highest BCUT2D eigenvalue weighted by atomic mass is 79.9. The quantitative estimate of drug-likeness (QED) is 0.502. The molecule has 0 saturated carbocycles. The molecule has 0 aliphatic carbocycles. The molecule has 6 nitrogen and oxygen atoms in total. The Labute approximate surface area is 188 Å². The average molecular weight is 479 g/mol. The number of rotatable bonds is 3. The number of hydrazone groups is 1. The van der Waals surface area contributed by atoms with Crippen molar-refractivity contribution in [2.75, 3.05) is 13.9 Å². The van der Waals surface area contributed by atoms with Crippen LogP contribution in [0.1, 0.15) is 35.4 Å². The zero-order valence-corrected chi connectivity index (χ0v) is 18.3. The zero-order chi connectivity index (χ0) is 20.9. The van der Waals surface area contributed by atoms with Crippen LogP contribution in [0.15, 0.2) is 70.2 Å². The molecule has 3 aliphatic heterocycles. The van der Waals surface area contributed by atoms with Crippen LogP contribution in [0.25, 0.3) is 0 Å². The van der Waals surface area contributed by atoms with E-state index >= 15 is 0 Å². The van der Waals surface area contributed by atoms with Crippen LogP contribution in [0, 0.1) is 0 Å². The standard InChI is InChI=1S/C24H19BrN2O4/c1-28-20-9-7-15(25)11-17(20)24-27-19(16-4-2-3-5-21(16)31-24)12-18(26-27)14-6-8-22-23(10-14)30-13-29-22/h2-11,19,24H,12-13H2,1H3/t19-,24-/m0/s1. The van der Waals surface area contributed by atoms with Crippen molar-refractivity contribution in [2.24, 2.45) is 5.10 Å². The molecule has 156 valence electrons. The van der Waals surface area contributed by atoms with Crippen molar-refractivity contribution in [3.8, 4) is 23.0 Å². The Morgan fingerprint density at radius 2 is 1.84 bits per heavy atom. The molecule has 3 aliphatic rings. The minimum Gasteiger partial charge on any atom is -0.496 e. The van der Waals surface area contributed by atoms with Gasteiger partial charge in [-0.05, 0) is 42.5 Å². The van der Waals surface area contributed by atoms with E-state index in [9.17, 15) is 0 Å². The summed E-state index contributed by atoms with van der Waals surface area (Å²) in [6.07, 6.45) is 0.367. The molecule has 31 heavy (non-hydrogen) atoms. The molecule has 3 aromatic carbocycles. The first-order valence-corrected chi connectivity index (χ1v) is 10.9. The van der Waals surface area contributed by atoms with E-state index < -0.39 is 6.23 Å². The molecule has 0 aromatic heterocycles. The molecule has 0 N–H and O–H groups in total. The van der Waals surface area contributed by atoms with E-state index in [4.69, 9.17) is 24.0 Å². The van der Waals surface area contributed by atoms with Crippen LogP contribution in [0.4, 0.5) is 0 Å². The maximum atomic E-state index is 6.46. The highest BCUT2D eigenvalue weighted by Crippen LogP contribution is 2.49. The van der Waals surface area contributed by atoms with Gasteiger partial charge < -0.3 is 18.9 Å². The summed E-state index contributed by atoms with van der Waals surface area (Å²) in [4.78, 5) is 0. The van der Waals surface area contributed by atoms with Crippen molar-refractivity contribution >= 4 is 21.6 Å². The second kappa shape index (κ2) is 7.20. The second-order valence-electron chi connectivity index (χ2n) is 7.61. The summed E-state index contributed by atoms with van der Waals surface area (Å²) in [5.41, 5.74) is 4.07. The van der Waals surface area contributed by atoms with Crippen molar-refractivity contribution in [3.63, 3.8) is 0 Å². The molecule has 3 aromatic rings. The molecule has 0 fully saturated rings. The number of fused-ring (bicyclic) bond motifs is 4. The highest BCUT2D eigenvalue weighted by molar-refractivity contribution is 9.10. The third-order valence-electron chi connectivity index (χ3n) is 5.86. The topological polar surface area (TPSA) is 52.5 Å². The number of halogens is 1. The van der Waals surface area contributed by atoms with Crippen molar-refractivity contribution in [2.45, 2.75) is 18.7 Å². The average Bonchev–Trinajstić information content (AvgIpc) is 3.45. The Kier molecular flexibility index (Phi) is 4.31. The smallest absolute Gasteiger partial charge is 0.231 e. The Bertz CT molecular complexity index is 1210. The molecule has 0 radical (unpaired) electrons. The molecular formula is C24H19BrN2O4. The zero-order valence-electron chi connectivity index (χ0n) is 16.7. The van der Waals surface area contributed by atoms with E-state index in [2.05, 4.69) is 22.0 Å². The first-order valence-electron chi connectivity index (χ1n) is 10.1. The Hall–Kier alpha value is -3.19. The summed E-state index contributed by atoms with van der Waals surface area (Å²) in [6.45, 7) is 0.256. The summed E-state index contributed by atoms with van der Waals surface area (Å²) in [5, 5.41) is 7.07. The van der Waals surface area contributed by atoms with Gasteiger partial charge in [-0.2, -0.15) is 5.10 Å². The van der Waals surface area contributed by atoms with Gasteiger partial charge in [0.25, 0.3) is 0 Å². The minimum absolute atomic E-state index is 0.0686. The van der Waals surface area contributed by atoms with Gasteiger partial charge in [-0.25, -0.2) is 5.01 Å². The van der Waals surface area contributed by atoms with Crippen LogP contribution in [-0.4, -0.2) is 24.6 Å². The molecule has 0 unspecified atom stereocenters. The number of hydrogen-bond donors (Lipinski definition) is 0. The molecule has 7 heteroatoms. The van der Waals surface area contributed by atoms with Gasteiger partial charge in [-0.1, -0.05) is 34.1 Å². The lowest BCUT2D eigenvalue weighted by molar-refractivity contribution is -0.0203. The fourth-order valence-electron chi connectivity index (χ4n) is 4.39. The van der Waals surface area contributed by atoms with Crippen molar-refractivity contribution in [1.29, 1.82) is 0 Å². The third kappa shape index (κ3) is 3.03. The fourth-order valence-corrected chi connectivity index (χ4v) is 4.77. The summed E-state index contributed by atoms with van der Waals surface area (Å²) in [6, 6.07) is 20.1. The van der Waals surface area contributed by atoms with Gasteiger partial charge in [0.05, 0.1) is 24.4 Å². The van der Waals surface area contributed by atoms with E-state index in [0.717, 1.165) is 56.3 Å². The molecule has 3 heterocycles. The number of ether oxygens (including phenoxy) is 4. The molecule has 0 bridgehead atoms. The van der Waals surface area contributed by atoms with Crippen LogP contribution < -0.4 is 18.9 Å². The first-order chi connectivity index (χ1) is 15.2. The molecule has 6 rings (SSSR count). The van der Waals surface area contributed by atoms with Crippen LogP contribution in [0.2, 0.25) is 0 Å². The summed E-state index contributed by atoms with van der Waals surface area (Å²) >= 11 is 3.58. The predicted molar refractivity (Wildman–Crippen MR) is 119 cm³/mol. The van der Waals surface area contributed by atoms with Gasteiger partial charge in [0.1, 0.15) is 11.5 Å². The van der Waals surface area contributed by atoms with E-state index in [1.165, 1.54) is 0 Å². The van der Waals surface area contributed by atoms with E-state index in [1.807, 2.05) is 59.6 Å². The number of methoxy groups -OCH3 is 1. The molecule has 0 spiro atoms. The van der Waals surface area contributed by atoms with Crippen molar-refractivity contribution < 1.29 is 18.9 Å². The number of para-hydroxylation sites is 1. The monoisotopic (exact) mass is 478 g/mol. The maximum Gasteiger partial charge on any atom is 0.231 e. The van der Waals surface area contributed by atoms with Crippen molar-refractivity contribution in [3.05, 3.63) is 81.8 Å². The highest BCUT2D eigenvalue weighted by Gasteiger charge is 2.42. The SMILES string of the molecule is COc1ccc(Br)cc1[C@@H]1Oc2ccccc2[C@@H]2CC(c3ccc4c(c3)OCO4)=NN21. The molecule has 0 amide bonds. The fraction of sp³-hybridized carbons (Fsp3) is 0.208. The first kappa shape index (κ1) is 18.6. The van der Waals surface area contributed by atoms with Crippen LogP contribution >= 0.6 is 15.9 Å². The number of benzene rings is 3. The second-order valence-corrected chi connectivity index (χ2v) is 8.52. The number of hydrogen-bond acceptors (Lipinski definition) is 6. The van der Waals surface area contributed by atoms with Gasteiger partial charge in [0.15, 0.2) is 11.5 Å². The Morgan fingerprint density at radius 3 is 2.74 bits per heavy atom. The molecule has 0 saturated heterocycles. The lowest BCUT2D eigenvalue weighted by Gasteiger charge is -2.38. The largest absolute Gasteiger partial charge is 0.496 e. The minimum atomic E-state index is -0.404. The normalized spacial score (nSPS) is 20.6.